The molecule has 32 heavy (non-hydrogen) atoms. The van der Waals surface area contributed by atoms with Crippen molar-refractivity contribution in [1.29, 1.82) is 0 Å². The van der Waals surface area contributed by atoms with Crippen molar-refractivity contribution < 1.29 is 4.74 Å². The van der Waals surface area contributed by atoms with Crippen LogP contribution in [0.3, 0.4) is 0 Å². The number of rotatable bonds is 3. The Morgan fingerprint density at radius 2 is 2.00 bits per heavy atom. The molecule has 0 bridgehead atoms. The Morgan fingerprint density at radius 1 is 1.25 bits per heavy atom. The predicted octanol–water partition coefficient (Wildman–Crippen LogP) is 3.45. The lowest BCUT2D eigenvalue weighted by Crippen LogP contribution is -2.43. The first kappa shape index (κ1) is 22.5. The monoisotopic (exact) mass is 459 g/mol. The van der Waals surface area contributed by atoms with Crippen molar-refractivity contribution in [2.45, 2.75) is 33.1 Å². The fourth-order valence-electron chi connectivity index (χ4n) is 4.56. The van der Waals surface area contributed by atoms with Crippen LogP contribution < -0.4 is 15.8 Å². The van der Waals surface area contributed by atoms with E-state index in [2.05, 4.69) is 25.4 Å². The summed E-state index contributed by atoms with van der Waals surface area (Å²) in [6.07, 6.45) is 4.86. The molecule has 172 valence electrons. The van der Waals surface area contributed by atoms with Gasteiger partial charge in [0, 0.05) is 45.6 Å². The highest BCUT2D eigenvalue weighted by Gasteiger charge is 2.38. The van der Waals surface area contributed by atoms with Crippen molar-refractivity contribution in [2.24, 2.45) is 12.5 Å². The number of nitrogens with zero attached hydrogens (tertiary/aromatic N) is 5. The first-order valence-corrected chi connectivity index (χ1v) is 11.5. The molecule has 0 aromatic carbocycles. The van der Waals surface area contributed by atoms with E-state index in [1.54, 1.807) is 30.9 Å². The van der Waals surface area contributed by atoms with Gasteiger partial charge in [0.25, 0.3) is 5.56 Å². The molecule has 1 spiro atoms. The van der Waals surface area contributed by atoms with Gasteiger partial charge in [0.2, 0.25) is 5.95 Å². The number of aromatic amines is 1. The molecule has 0 saturated carbocycles. The van der Waals surface area contributed by atoms with E-state index in [4.69, 9.17) is 21.3 Å². The van der Waals surface area contributed by atoms with E-state index in [9.17, 15) is 4.79 Å². The average molecular weight is 460 g/mol. The quantitative estimate of drug-likeness (QED) is 0.618. The van der Waals surface area contributed by atoms with Gasteiger partial charge in [0.1, 0.15) is 11.2 Å². The van der Waals surface area contributed by atoms with Gasteiger partial charge in [0.05, 0.1) is 17.3 Å². The first-order valence-electron chi connectivity index (χ1n) is 11.1. The van der Waals surface area contributed by atoms with Crippen molar-refractivity contribution in [2.75, 3.05) is 43.6 Å². The molecule has 2 aliphatic rings. The molecule has 0 unspecified atom stereocenters. The highest BCUT2D eigenvalue weighted by molar-refractivity contribution is 6.35. The van der Waals surface area contributed by atoms with E-state index in [1.165, 1.54) is 0 Å². The fraction of sp³-hybridized carbons (Fsp3) is 0.545. The molecule has 2 saturated heterocycles. The second-order valence-corrected chi connectivity index (χ2v) is 8.51. The van der Waals surface area contributed by atoms with Gasteiger partial charge in [-0.15, -0.1) is 0 Å². The van der Waals surface area contributed by atoms with Crippen molar-refractivity contribution in [1.82, 2.24) is 24.7 Å². The van der Waals surface area contributed by atoms with Crippen LogP contribution in [0.15, 0.2) is 17.1 Å². The zero-order chi connectivity index (χ0) is 22.9. The highest BCUT2D eigenvalue weighted by atomic mass is 35.5. The molecule has 2 aliphatic heterocycles. The topological polar surface area (TPSA) is 101 Å². The Hall–Kier alpha value is -2.65. The average Bonchev–Trinajstić information content (AvgIpc) is 3.46. The van der Waals surface area contributed by atoms with E-state index in [1.807, 2.05) is 13.8 Å². The number of hydrogen-bond acceptors (Lipinski definition) is 7. The van der Waals surface area contributed by atoms with E-state index in [0.29, 0.717) is 44.5 Å². The molecule has 3 aromatic rings. The third-order valence-corrected chi connectivity index (χ3v) is 6.84. The molecule has 2 N–H and O–H groups in total. The van der Waals surface area contributed by atoms with Crippen molar-refractivity contribution in [3.05, 3.63) is 27.6 Å². The Balaban J connectivity index is 0.00000119. The molecule has 5 heterocycles. The molecule has 0 atom stereocenters. The number of piperidine rings is 1. The van der Waals surface area contributed by atoms with Crippen LogP contribution in [0.2, 0.25) is 5.02 Å². The lowest BCUT2D eigenvalue weighted by atomic mass is 9.78. The second-order valence-electron chi connectivity index (χ2n) is 8.13. The maximum atomic E-state index is 13.3. The number of hydrogen-bond donors (Lipinski definition) is 2. The van der Waals surface area contributed by atoms with E-state index < -0.39 is 0 Å². The predicted molar refractivity (Wildman–Crippen MR) is 128 cm³/mol. The smallest absolute Gasteiger partial charge is 0.266 e. The van der Waals surface area contributed by atoms with Crippen molar-refractivity contribution in [3.63, 3.8) is 0 Å². The van der Waals surface area contributed by atoms with Gasteiger partial charge >= 0.3 is 0 Å². The minimum Gasteiger partial charge on any atom is -0.381 e. The van der Waals surface area contributed by atoms with Crippen molar-refractivity contribution in [3.8, 4) is 11.3 Å². The summed E-state index contributed by atoms with van der Waals surface area (Å²) in [5.74, 6) is 1.19. The summed E-state index contributed by atoms with van der Waals surface area (Å²) in [6, 6.07) is 1.76. The Bertz CT molecular complexity index is 1160. The Morgan fingerprint density at radius 3 is 2.66 bits per heavy atom. The largest absolute Gasteiger partial charge is 0.381 e. The number of aromatic nitrogens is 5. The van der Waals surface area contributed by atoms with Gasteiger partial charge < -0.3 is 15.0 Å². The number of pyridine rings is 1. The summed E-state index contributed by atoms with van der Waals surface area (Å²) in [7, 11) is 3.51. The lowest BCUT2D eigenvalue weighted by Gasteiger charge is -2.39. The zero-order valence-corrected chi connectivity index (χ0v) is 19.8. The highest BCUT2D eigenvalue weighted by Crippen LogP contribution is 2.40. The van der Waals surface area contributed by atoms with Gasteiger partial charge in [-0.3, -0.25) is 14.5 Å². The molecule has 0 aliphatic carbocycles. The van der Waals surface area contributed by atoms with Crippen LogP contribution in [0, 0.1) is 5.41 Å². The van der Waals surface area contributed by atoms with Crippen LogP contribution in [0.25, 0.3) is 22.3 Å². The molecule has 0 amide bonds. The normalized spacial score (nSPS) is 17.5. The minimum absolute atomic E-state index is 0.151. The summed E-state index contributed by atoms with van der Waals surface area (Å²) < 4.78 is 7.24. The summed E-state index contributed by atoms with van der Waals surface area (Å²) in [5, 5.41) is 11.1. The van der Waals surface area contributed by atoms with Crippen LogP contribution in [0.1, 0.15) is 33.1 Å². The molecule has 3 aromatic heterocycles. The molecule has 2 fully saturated rings. The van der Waals surface area contributed by atoms with E-state index in [-0.39, 0.29) is 5.56 Å². The Kier molecular flexibility index (Phi) is 6.39. The summed E-state index contributed by atoms with van der Waals surface area (Å²) >= 11 is 6.48. The maximum absolute atomic E-state index is 13.3. The van der Waals surface area contributed by atoms with Gasteiger partial charge in [0.15, 0.2) is 5.65 Å². The van der Waals surface area contributed by atoms with Gasteiger partial charge in [-0.05, 0) is 30.7 Å². The maximum Gasteiger partial charge on any atom is 0.266 e. The molecule has 0 radical (unpaired) electrons. The number of halogens is 1. The number of anilines is 2. The summed E-state index contributed by atoms with van der Waals surface area (Å²) in [6.45, 7) is 7.41. The third-order valence-electron chi connectivity index (χ3n) is 6.46. The summed E-state index contributed by atoms with van der Waals surface area (Å²) in [4.78, 5) is 24.4. The molecular weight excluding hydrogens is 430 g/mol. The number of ether oxygens (including phenoxy) is 1. The molecule has 10 heteroatoms. The van der Waals surface area contributed by atoms with Gasteiger partial charge in [-0.2, -0.15) is 10.1 Å². The number of nitrogens with one attached hydrogen (secondary N) is 2. The van der Waals surface area contributed by atoms with Crippen LogP contribution >= 0.6 is 11.6 Å². The van der Waals surface area contributed by atoms with Crippen LogP contribution in [-0.4, -0.2) is 58.1 Å². The Labute approximate surface area is 192 Å². The molecular formula is C22H30ClN7O2. The summed E-state index contributed by atoms with van der Waals surface area (Å²) in [5.41, 5.74) is 1.75. The fourth-order valence-corrected chi connectivity index (χ4v) is 4.86. The van der Waals surface area contributed by atoms with Crippen molar-refractivity contribution >= 4 is 34.4 Å². The standard InChI is InChI=1S/C20H24ClN7O2.C2H6/c1-22-17-14(21)12(3-7-23-17)15-13-16(26-25-15)24-19(27(2)18(13)29)28-8-4-20(5-9-28)6-10-30-11-20;1-2/h3,7H,4-6,8-11H2,1-2H3,(H,22,23)(H,25,26);1-2H3. The zero-order valence-electron chi connectivity index (χ0n) is 19.0. The van der Waals surface area contributed by atoms with Crippen LogP contribution in [0.5, 0.6) is 0 Å². The number of fused-ring (bicyclic) bond motifs is 1. The first-order chi connectivity index (χ1) is 15.5. The van der Waals surface area contributed by atoms with Gasteiger partial charge in [-0.1, -0.05) is 25.4 Å². The van der Waals surface area contributed by atoms with Crippen LogP contribution in [0.4, 0.5) is 11.8 Å². The molecule has 5 rings (SSSR count). The van der Waals surface area contributed by atoms with Gasteiger partial charge in [-0.25, -0.2) is 4.98 Å². The van der Waals surface area contributed by atoms with Crippen LogP contribution in [-0.2, 0) is 11.8 Å². The third kappa shape index (κ3) is 3.73. The number of H-pyrrole nitrogens is 1. The minimum atomic E-state index is -0.151. The SMILES string of the molecule is CC.CNc1nccc(-c2[nH]nc3nc(N4CCC5(CCOC5)CC4)n(C)c(=O)c23)c1Cl. The second kappa shape index (κ2) is 9.07. The van der Waals surface area contributed by atoms with E-state index >= 15 is 0 Å². The van der Waals surface area contributed by atoms with E-state index in [0.717, 1.165) is 45.6 Å². The molecule has 9 nitrogen and oxygen atoms in total. The lowest BCUT2D eigenvalue weighted by molar-refractivity contribution is 0.133.